The van der Waals surface area contributed by atoms with E-state index >= 15 is 0 Å². The fourth-order valence-corrected chi connectivity index (χ4v) is 1.41. The van der Waals surface area contributed by atoms with Gasteiger partial charge in [0.25, 0.3) is 5.91 Å². The Balaban J connectivity index is 2.81. The first kappa shape index (κ1) is 7.79. The molecular formula is C9H9N3O. The van der Waals surface area contributed by atoms with E-state index in [1.165, 1.54) is 0 Å². The second-order valence-electron chi connectivity index (χ2n) is 2.89. The first-order valence-electron chi connectivity index (χ1n) is 3.89. The molecule has 0 fully saturated rings. The van der Waals surface area contributed by atoms with E-state index in [0.29, 0.717) is 5.69 Å². The Hall–Kier alpha value is -1.84. The van der Waals surface area contributed by atoms with Crippen LogP contribution in [0.2, 0.25) is 0 Å². The number of carbonyl (C=O) groups is 1. The minimum atomic E-state index is -0.418. The largest absolute Gasteiger partial charge is 0.364 e. The molecule has 0 radical (unpaired) electrons. The summed E-state index contributed by atoms with van der Waals surface area (Å²) >= 11 is 0. The van der Waals surface area contributed by atoms with Crippen molar-refractivity contribution in [2.75, 3.05) is 0 Å². The van der Waals surface area contributed by atoms with Gasteiger partial charge in [-0.1, -0.05) is 0 Å². The molecule has 0 aliphatic carbocycles. The molecule has 0 aromatic carbocycles. The zero-order valence-corrected chi connectivity index (χ0v) is 7.19. The van der Waals surface area contributed by atoms with E-state index in [9.17, 15) is 4.79 Å². The van der Waals surface area contributed by atoms with Gasteiger partial charge in [-0.15, -0.1) is 0 Å². The van der Waals surface area contributed by atoms with Gasteiger partial charge in [0.15, 0.2) is 0 Å². The normalized spacial score (nSPS) is 10.5. The number of pyridine rings is 1. The number of primary amides is 1. The van der Waals surface area contributed by atoms with Crippen LogP contribution in [0.1, 0.15) is 10.5 Å². The van der Waals surface area contributed by atoms with Crippen molar-refractivity contribution >= 4 is 16.8 Å². The van der Waals surface area contributed by atoms with Gasteiger partial charge < -0.3 is 10.3 Å². The molecule has 1 amide bonds. The first-order valence-corrected chi connectivity index (χ1v) is 3.89. The van der Waals surface area contributed by atoms with Crippen LogP contribution in [0.25, 0.3) is 10.9 Å². The zero-order valence-electron chi connectivity index (χ0n) is 7.19. The minimum Gasteiger partial charge on any atom is -0.364 e. The van der Waals surface area contributed by atoms with E-state index < -0.39 is 5.91 Å². The molecule has 4 heteroatoms. The topological polar surface area (TPSA) is 60.9 Å². The van der Waals surface area contributed by atoms with E-state index in [4.69, 9.17) is 5.73 Å². The van der Waals surface area contributed by atoms with Crippen molar-refractivity contribution in [2.45, 2.75) is 0 Å². The van der Waals surface area contributed by atoms with Crippen molar-refractivity contribution in [3.63, 3.8) is 0 Å². The summed E-state index contributed by atoms with van der Waals surface area (Å²) in [5, 5.41) is 0.978. The molecule has 66 valence electrons. The summed E-state index contributed by atoms with van der Waals surface area (Å²) < 4.78 is 1.74. The number of amides is 1. The van der Waals surface area contributed by atoms with Gasteiger partial charge in [0.2, 0.25) is 0 Å². The van der Waals surface area contributed by atoms with Gasteiger partial charge in [-0.25, -0.2) is 0 Å². The maximum absolute atomic E-state index is 11.0. The van der Waals surface area contributed by atoms with E-state index in [1.54, 1.807) is 30.1 Å². The Morgan fingerprint density at radius 3 is 3.00 bits per heavy atom. The number of aryl methyl sites for hydroxylation is 1. The molecule has 2 N–H and O–H groups in total. The van der Waals surface area contributed by atoms with Crippen LogP contribution in [0, 0.1) is 0 Å². The molecular weight excluding hydrogens is 166 g/mol. The Kier molecular flexibility index (Phi) is 1.55. The van der Waals surface area contributed by atoms with Crippen molar-refractivity contribution < 1.29 is 4.79 Å². The highest BCUT2D eigenvalue weighted by Gasteiger charge is 2.08. The molecule has 4 nitrogen and oxygen atoms in total. The maximum Gasteiger partial charge on any atom is 0.265 e. The molecule has 2 rings (SSSR count). The molecule has 0 unspecified atom stereocenters. The van der Waals surface area contributed by atoms with Crippen molar-refractivity contribution in [1.82, 2.24) is 9.55 Å². The number of aromatic nitrogens is 2. The molecule has 0 aliphatic rings. The van der Waals surface area contributed by atoms with E-state index in [1.807, 2.05) is 6.07 Å². The predicted octanol–water partition coefficient (Wildman–Crippen LogP) is 0.672. The summed E-state index contributed by atoms with van der Waals surface area (Å²) in [4.78, 5) is 14.9. The molecule has 13 heavy (non-hydrogen) atoms. The number of carbonyl (C=O) groups excluding carboxylic acids is 1. The highest BCUT2D eigenvalue weighted by Crippen LogP contribution is 2.16. The van der Waals surface area contributed by atoms with Crippen LogP contribution in [0.4, 0.5) is 0 Å². The van der Waals surface area contributed by atoms with Gasteiger partial charge in [-0.2, -0.15) is 0 Å². The molecule has 2 aromatic heterocycles. The van der Waals surface area contributed by atoms with Crippen molar-refractivity contribution in [2.24, 2.45) is 12.8 Å². The lowest BCUT2D eigenvalue weighted by atomic mass is 10.3. The summed E-state index contributed by atoms with van der Waals surface area (Å²) in [7, 11) is 1.80. The lowest BCUT2D eigenvalue weighted by Gasteiger charge is -1.97. The fourth-order valence-electron chi connectivity index (χ4n) is 1.41. The van der Waals surface area contributed by atoms with Gasteiger partial charge in [0.1, 0.15) is 5.69 Å². The molecule has 0 spiro atoms. The third-order valence-corrected chi connectivity index (χ3v) is 2.10. The van der Waals surface area contributed by atoms with Crippen LogP contribution < -0.4 is 5.73 Å². The van der Waals surface area contributed by atoms with Crippen LogP contribution in [-0.2, 0) is 7.05 Å². The van der Waals surface area contributed by atoms with Gasteiger partial charge in [0.05, 0.1) is 11.7 Å². The fraction of sp³-hybridized carbons (Fsp3) is 0.111. The third kappa shape index (κ3) is 1.07. The van der Waals surface area contributed by atoms with E-state index in [-0.39, 0.29) is 0 Å². The van der Waals surface area contributed by atoms with Crippen LogP contribution in [0.5, 0.6) is 0 Å². The molecule has 2 heterocycles. The number of nitrogens with zero attached hydrogens (tertiary/aromatic N) is 2. The summed E-state index contributed by atoms with van der Waals surface area (Å²) in [5.74, 6) is -0.418. The first-order chi connectivity index (χ1) is 6.20. The molecule has 0 saturated heterocycles. The number of hydrogen-bond acceptors (Lipinski definition) is 2. The summed E-state index contributed by atoms with van der Waals surface area (Å²) in [6, 6.07) is 3.61. The Morgan fingerprint density at radius 2 is 2.38 bits per heavy atom. The molecule has 0 aliphatic heterocycles. The Bertz CT molecular complexity index is 473. The number of nitrogens with two attached hydrogens (primary N) is 1. The smallest absolute Gasteiger partial charge is 0.265 e. The zero-order chi connectivity index (χ0) is 9.42. The summed E-state index contributed by atoms with van der Waals surface area (Å²) in [6.07, 6.45) is 3.40. The van der Waals surface area contributed by atoms with Crippen molar-refractivity contribution in [3.8, 4) is 0 Å². The third-order valence-electron chi connectivity index (χ3n) is 2.10. The predicted molar refractivity (Wildman–Crippen MR) is 49.2 cm³/mol. The highest BCUT2D eigenvalue weighted by molar-refractivity contribution is 5.97. The van der Waals surface area contributed by atoms with Crippen molar-refractivity contribution in [1.29, 1.82) is 0 Å². The number of rotatable bonds is 1. The maximum atomic E-state index is 11.0. The second kappa shape index (κ2) is 2.58. The molecule has 0 saturated carbocycles. The number of fused-ring (bicyclic) bond motifs is 1. The van der Waals surface area contributed by atoms with E-state index in [0.717, 1.165) is 10.9 Å². The van der Waals surface area contributed by atoms with Crippen LogP contribution in [0.15, 0.2) is 24.5 Å². The molecule has 2 aromatic rings. The quantitative estimate of drug-likeness (QED) is 0.692. The van der Waals surface area contributed by atoms with Crippen LogP contribution in [0.3, 0.4) is 0 Å². The monoisotopic (exact) mass is 175 g/mol. The SMILES string of the molecule is Cn1c(C(N)=O)cc2ccncc21. The average Bonchev–Trinajstić information content (AvgIpc) is 2.45. The lowest BCUT2D eigenvalue weighted by molar-refractivity contribution is 0.0993. The second-order valence-corrected chi connectivity index (χ2v) is 2.89. The average molecular weight is 175 g/mol. The highest BCUT2D eigenvalue weighted by atomic mass is 16.1. The van der Waals surface area contributed by atoms with Crippen LogP contribution >= 0.6 is 0 Å². The van der Waals surface area contributed by atoms with Gasteiger partial charge in [0, 0.05) is 18.6 Å². The Morgan fingerprint density at radius 1 is 1.62 bits per heavy atom. The standard InChI is InChI=1S/C9H9N3O/c1-12-7(9(10)13)4-6-2-3-11-5-8(6)12/h2-5H,1H3,(H2,10,13). The van der Waals surface area contributed by atoms with Gasteiger partial charge in [-0.05, 0) is 12.1 Å². The summed E-state index contributed by atoms with van der Waals surface area (Å²) in [6.45, 7) is 0. The Labute approximate surface area is 75.0 Å². The van der Waals surface area contributed by atoms with E-state index in [2.05, 4.69) is 4.98 Å². The lowest BCUT2D eigenvalue weighted by Crippen LogP contribution is -2.14. The van der Waals surface area contributed by atoms with Gasteiger partial charge >= 0.3 is 0 Å². The van der Waals surface area contributed by atoms with Crippen molar-refractivity contribution in [3.05, 3.63) is 30.2 Å². The van der Waals surface area contributed by atoms with Gasteiger partial charge in [-0.3, -0.25) is 9.78 Å². The summed E-state index contributed by atoms with van der Waals surface area (Å²) in [5.41, 5.74) is 6.61. The number of hydrogen-bond donors (Lipinski definition) is 1. The molecule has 0 atom stereocenters. The molecule has 0 bridgehead atoms. The minimum absolute atomic E-state index is 0.418. The van der Waals surface area contributed by atoms with Crippen LogP contribution in [-0.4, -0.2) is 15.5 Å².